The zero-order valence-corrected chi connectivity index (χ0v) is 9.10. The fraction of sp³-hybridized carbons (Fsp3) is 0.182. The molecule has 0 N–H and O–H groups in total. The highest BCUT2D eigenvalue weighted by Gasteiger charge is 2.04. The standard InChI is InChI=1S/C11H11BrO/c1-8(2)7-11(13)9-3-5-10(12)6-4-9/h3-6H,1,7H2,2H3. The maximum absolute atomic E-state index is 11.5. The quantitative estimate of drug-likeness (QED) is 0.581. The molecule has 0 atom stereocenters. The van der Waals surface area contributed by atoms with Crippen molar-refractivity contribution in [3.05, 3.63) is 46.5 Å². The Bertz CT molecular complexity index is 324. The minimum atomic E-state index is 0.125. The lowest BCUT2D eigenvalue weighted by molar-refractivity contribution is 0.0993. The zero-order valence-electron chi connectivity index (χ0n) is 7.51. The minimum absolute atomic E-state index is 0.125. The highest BCUT2D eigenvalue weighted by Crippen LogP contribution is 2.13. The van der Waals surface area contributed by atoms with E-state index in [9.17, 15) is 4.79 Å². The Balaban J connectivity index is 2.78. The van der Waals surface area contributed by atoms with Crippen molar-refractivity contribution in [2.45, 2.75) is 13.3 Å². The molecule has 0 bridgehead atoms. The van der Waals surface area contributed by atoms with Gasteiger partial charge in [0.05, 0.1) is 0 Å². The lowest BCUT2D eigenvalue weighted by Gasteiger charge is -1.99. The molecule has 0 saturated heterocycles. The smallest absolute Gasteiger partial charge is 0.166 e. The van der Waals surface area contributed by atoms with Gasteiger partial charge in [-0.15, -0.1) is 0 Å². The molecule has 1 aromatic rings. The molecule has 13 heavy (non-hydrogen) atoms. The Hall–Kier alpha value is -0.890. The topological polar surface area (TPSA) is 17.1 Å². The number of allylic oxidation sites excluding steroid dienone is 1. The summed E-state index contributed by atoms with van der Waals surface area (Å²) in [6.07, 6.45) is 0.432. The van der Waals surface area contributed by atoms with E-state index in [2.05, 4.69) is 22.5 Å². The van der Waals surface area contributed by atoms with Gasteiger partial charge in [0.25, 0.3) is 0 Å². The third-order valence-corrected chi connectivity index (χ3v) is 2.16. The summed E-state index contributed by atoms with van der Waals surface area (Å²) >= 11 is 3.32. The van der Waals surface area contributed by atoms with E-state index in [0.717, 1.165) is 15.6 Å². The third kappa shape index (κ3) is 3.15. The summed E-state index contributed by atoms with van der Waals surface area (Å²) in [4.78, 5) is 11.5. The van der Waals surface area contributed by atoms with Crippen LogP contribution in [0.2, 0.25) is 0 Å². The summed E-state index contributed by atoms with van der Waals surface area (Å²) in [5.41, 5.74) is 1.64. The van der Waals surface area contributed by atoms with Gasteiger partial charge in [0.15, 0.2) is 5.78 Å². The summed E-state index contributed by atoms with van der Waals surface area (Å²) in [6.45, 7) is 5.57. The van der Waals surface area contributed by atoms with Crippen molar-refractivity contribution in [1.82, 2.24) is 0 Å². The molecule has 0 aliphatic carbocycles. The van der Waals surface area contributed by atoms with E-state index in [-0.39, 0.29) is 5.78 Å². The van der Waals surface area contributed by atoms with Crippen molar-refractivity contribution in [3.63, 3.8) is 0 Å². The number of carbonyl (C=O) groups excluding carboxylic acids is 1. The lowest BCUT2D eigenvalue weighted by Crippen LogP contribution is -1.98. The van der Waals surface area contributed by atoms with Gasteiger partial charge in [-0.25, -0.2) is 0 Å². The van der Waals surface area contributed by atoms with E-state index in [1.54, 1.807) is 0 Å². The van der Waals surface area contributed by atoms with Crippen molar-refractivity contribution >= 4 is 21.7 Å². The summed E-state index contributed by atoms with van der Waals surface area (Å²) < 4.78 is 0.986. The van der Waals surface area contributed by atoms with E-state index < -0.39 is 0 Å². The van der Waals surface area contributed by atoms with Crippen molar-refractivity contribution in [3.8, 4) is 0 Å². The van der Waals surface area contributed by atoms with E-state index in [0.29, 0.717) is 6.42 Å². The van der Waals surface area contributed by atoms with Gasteiger partial charge in [0.2, 0.25) is 0 Å². The molecular weight excluding hydrogens is 228 g/mol. The molecule has 1 aromatic carbocycles. The normalized spacial score (nSPS) is 9.69. The summed E-state index contributed by atoms with van der Waals surface area (Å²) in [5, 5.41) is 0. The van der Waals surface area contributed by atoms with E-state index in [4.69, 9.17) is 0 Å². The van der Waals surface area contributed by atoms with Crippen LogP contribution in [0, 0.1) is 0 Å². The number of carbonyl (C=O) groups is 1. The predicted octanol–water partition coefficient (Wildman–Crippen LogP) is 3.60. The number of hydrogen-bond acceptors (Lipinski definition) is 1. The van der Waals surface area contributed by atoms with Crippen molar-refractivity contribution < 1.29 is 4.79 Å². The lowest BCUT2D eigenvalue weighted by atomic mass is 10.1. The molecule has 1 rings (SSSR count). The molecular formula is C11H11BrO. The predicted molar refractivity (Wildman–Crippen MR) is 57.9 cm³/mol. The average Bonchev–Trinajstić information content (AvgIpc) is 2.04. The van der Waals surface area contributed by atoms with Gasteiger partial charge < -0.3 is 0 Å². The van der Waals surface area contributed by atoms with Crippen LogP contribution < -0.4 is 0 Å². The van der Waals surface area contributed by atoms with Crippen LogP contribution in [0.4, 0.5) is 0 Å². The molecule has 1 nitrogen and oxygen atoms in total. The Kier molecular flexibility index (Phi) is 3.43. The number of Topliss-reactive ketones (excluding diaryl/α,β-unsaturated/α-hetero) is 1. The average molecular weight is 239 g/mol. The van der Waals surface area contributed by atoms with Gasteiger partial charge in [-0.3, -0.25) is 4.79 Å². The first-order valence-corrected chi connectivity index (χ1v) is 4.82. The highest BCUT2D eigenvalue weighted by atomic mass is 79.9. The number of halogens is 1. The summed E-state index contributed by atoms with van der Waals surface area (Å²) in [7, 11) is 0. The number of ketones is 1. The highest BCUT2D eigenvalue weighted by molar-refractivity contribution is 9.10. The van der Waals surface area contributed by atoms with Gasteiger partial charge in [0, 0.05) is 16.5 Å². The second kappa shape index (κ2) is 4.38. The molecule has 0 aliphatic rings. The number of rotatable bonds is 3. The van der Waals surface area contributed by atoms with Gasteiger partial charge in [-0.2, -0.15) is 0 Å². The molecule has 0 aliphatic heterocycles. The molecule has 0 fully saturated rings. The number of hydrogen-bond donors (Lipinski definition) is 0. The maximum Gasteiger partial charge on any atom is 0.166 e. The van der Waals surface area contributed by atoms with Crippen LogP contribution in [-0.2, 0) is 0 Å². The molecule has 0 spiro atoms. The second-order valence-electron chi connectivity index (χ2n) is 3.06. The monoisotopic (exact) mass is 238 g/mol. The van der Waals surface area contributed by atoms with Crippen LogP contribution in [0.15, 0.2) is 40.9 Å². The first-order valence-electron chi connectivity index (χ1n) is 4.03. The van der Waals surface area contributed by atoms with Gasteiger partial charge in [0.1, 0.15) is 0 Å². The summed E-state index contributed by atoms with van der Waals surface area (Å²) in [6, 6.07) is 7.36. The Morgan fingerprint density at radius 3 is 2.38 bits per heavy atom. The van der Waals surface area contributed by atoms with Gasteiger partial charge >= 0.3 is 0 Å². The number of benzene rings is 1. The van der Waals surface area contributed by atoms with Crippen LogP contribution >= 0.6 is 15.9 Å². The Morgan fingerprint density at radius 1 is 1.38 bits per heavy atom. The minimum Gasteiger partial charge on any atom is -0.294 e. The molecule has 0 amide bonds. The second-order valence-corrected chi connectivity index (χ2v) is 3.98. The molecule has 2 heteroatoms. The van der Waals surface area contributed by atoms with E-state index in [1.807, 2.05) is 31.2 Å². The third-order valence-electron chi connectivity index (χ3n) is 1.63. The van der Waals surface area contributed by atoms with Crippen molar-refractivity contribution in [1.29, 1.82) is 0 Å². The molecule has 68 valence electrons. The van der Waals surface area contributed by atoms with Crippen LogP contribution in [0.25, 0.3) is 0 Å². The van der Waals surface area contributed by atoms with Gasteiger partial charge in [-0.05, 0) is 19.1 Å². The largest absolute Gasteiger partial charge is 0.294 e. The van der Waals surface area contributed by atoms with E-state index >= 15 is 0 Å². The fourth-order valence-electron chi connectivity index (χ4n) is 1.01. The van der Waals surface area contributed by atoms with Gasteiger partial charge in [-0.1, -0.05) is 40.2 Å². The first-order chi connectivity index (χ1) is 6.09. The Morgan fingerprint density at radius 2 is 1.92 bits per heavy atom. The first kappa shape index (κ1) is 10.2. The SMILES string of the molecule is C=C(C)CC(=O)c1ccc(Br)cc1. The molecule has 0 heterocycles. The molecule has 0 saturated carbocycles. The summed E-state index contributed by atoms with van der Waals surface area (Å²) in [5.74, 6) is 0.125. The van der Waals surface area contributed by atoms with Crippen LogP contribution in [0.5, 0.6) is 0 Å². The van der Waals surface area contributed by atoms with Crippen molar-refractivity contribution in [2.24, 2.45) is 0 Å². The molecule has 0 unspecified atom stereocenters. The molecule has 0 radical (unpaired) electrons. The zero-order chi connectivity index (χ0) is 9.84. The van der Waals surface area contributed by atoms with E-state index in [1.165, 1.54) is 0 Å². The van der Waals surface area contributed by atoms with Crippen molar-refractivity contribution in [2.75, 3.05) is 0 Å². The van der Waals surface area contributed by atoms with Crippen LogP contribution in [-0.4, -0.2) is 5.78 Å². The van der Waals surface area contributed by atoms with Crippen LogP contribution in [0.1, 0.15) is 23.7 Å². The van der Waals surface area contributed by atoms with Crippen LogP contribution in [0.3, 0.4) is 0 Å². The Labute approximate surface area is 86.6 Å². The molecule has 0 aromatic heterocycles. The maximum atomic E-state index is 11.5. The fourth-order valence-corrected chi connectivity index (χ4v) is 1.28.